The summed E-state index contributed by atoms with van der Waals surface area (Å²) < 4.78 is 0. The predicted octanol–water partition coefficient (Wildman–Crippen LogP) is 3.88. The lowest BCUT2D eigenvalue weighted by Gasteiger charge is -2.31. The molecule has 0 spiro atoms. The van der Waals surface area contributed by atoms with Gasteiger partial charge in [0.1, 0.15) is 0 Å². The second-order valence-corrected chi connectivity index (χ2v) is 3.89. The Balaban J connectivity index is 2.86. The molecular weight excluding hydrogens is 182 g/mol. The minimum atomic E-state index is 0.594. The summed E-state index contributed by atoms with van der Waals surface area (Å²) in [5, 5.41) is 0. The number of rotatable bonds is 4. The first-order valence-electron chi connectivity index (χ1n) is 5.66. The first-order chi connectivity index (χ1) is 7.20. The highest BCUT2D eigenvalue weighted by atomic mass is 15.1. The molecule has 0 fully saturated rings. The van der Waals surface area contributed by atoms with Crippen molar-refractivity contribution in [2.45, 2.75) is 27.2 Å². The number of hydrogen-bond acceptors (Lipinski definition) is 1. The van der Waals surface area contributed by atoms with Gasteiger partial charge in [0, 0.05) is 17.9 Å². The zero-order valence-electron chi connectivity index (χ0n) is 10.0. The summed E-state index contributed by atoms with van der Waals surface area (Å²) in [5.74, 6) is 0.594. The summed E-state index contributed by atoms with van der Waals surface area (Å²) in [6, 6.07) is 0. The van der Waals surface area contributed by atoms with E-state index in [1.54, 1.807) is 0 Å². The zero-order valence-corrected chi connectivity index (χ0v) is 10.0. The molecule has 1 rings (SSSR count). The van der Waals surface area contributed by atoms with E-state index >= 15 is 0 Å². The maximum absolute atomic E-state index is 4.10. The molecule has 0 bridgehead atoms. The highest BCUT2D eigenvalue weighted by Crippen LogP contribution is 2.26. The minimum absolute atomic E-state index is 0.594. The summed E-state index contributed by atoms with van der Waals surface area (Å²) in [6.07, 6.45) is 11.8. The third kappa shape index (κ3) is 2.85. The molecule has 0 aromatic heterocycles. The van der Waals surface area contributed by atoms with Gasteiger partial charge in [0.25, 0.3) is 0 Å². The average molecular weight is 203 g/mol. The van der Waals surface area contributed by atoms with Crippen molar-refractivity contribution < 1.29 is 0 Å². The van der Waals surface area contributed by atoms with Crippen molar-refractivity contribution in [3.63, 3.8) is 0 Å². The second kappa shape index (κ2) is 5.59. The first kappa shape index (κ1) is 11.8. The van der Waals surface area contributed by atoms with Crippen LogP contribution in [0.1, 0.15) is 27.2 Å². The van der Waals surface area contributed by atoms with Gasteiger partial charge in [-0.1, -0.05) is 31.7 Å². The van der Waals surface area contributed by atoms with Crippen LogP contribution >= 0.6 is 0 Å². The van der Waals surface area contributed by atoms with E-state index < -0.39 is 0 Å². The van der Waals surface area contributed by atoms with Gasteiger partial charge >= 0.3 is 0 Å². The van der Waals surface area contributed by atoms with E-state index in [1.165, 1.54) is 5.70 Å². The van der Waals surface area contributed by atoms with Gasteiger partial charge < -0.3 is 4.90 Å². The van der Waals surface area contributed by atoms with Crippen LogP contribution in [0.3, 0.4) is 0 Å². The zero-order chi connectivity index (χ0) is 11.3. The smallest absolute Gasteiger partial charge is 0.0331 e. The molecule has 1 aliphatic rings. The van der Waals surface area contributed by atoms with Gasteiger partial charge in [-0.15, -0.1) is 0 Å². The lowest BCUT2D eigenvalue weighted by Crippen LogP contribution is -2.25. The number of nitrogens with zero attached hydrogens (tertiary/aromatic N) is 1. The number of likely N-dealkylation sites (N-methyl/N-ethyl adjacent to an activating group) is 1. The quantitative estimate of drug-likeness (QED) is 0.627. The molecule has 0 aromatic carbocycles. The van der Waals surface area contributed by atoms with Crippen LogP contribution in [-0.4, -0.2) is 11.4 Å². The van der Waals surface area contributed by atoms with E-state index in [0.29, 0.717) is 5.92 Å². The number of hydrogen-bond donors (Lipinski definition) is 0. The highest BCUT2D eigenvalue weighted by molar-refractivity contribution is 5.26. The Morgan fingerprint density at radius 1 is 1.67 bits per heavy atom. The van der Waals surface area contributed by atoms with Crippen molar-refractivity contribution in [2.75, 3.05) is 6.54 Å². The van der Waals surface area contributed by atoms with Crippen LogP contribution in [0.25, 0.3) is 0 Å². The molecule has 82 valence electrons. The van der Waals surface area contributed by atoms with Gasteiger partial charge in [-0.25, -0.2) is 0 Å². The summed E-state index contributed by atoms with van der Waals surface area (Å²) in [6.45, 7) is 11.5. The molecule has 0 saturated carbocycles. The van der Waals surface area contributed by atoms with Crippen LogP contribution in [0.4, 0.5) is 0 Å². The fourth-order valence-electron chi connectivity index (χ4n) is 1.92. The maximum Gasteiger partial charge on any atom is 0.0331 e. The molecule has 1 nitrogen and oxygen atoms in total. The molecule has 1 heteroatoms. The maximum atomic E-state index is 4.10. The molecule has 0 amide bonds. The normalized spacial score (nSPS) is 20.5. The predicted molar refractivity (Wildman–Crippen MR) is 67.3 cm³/mol. The third-order valence-electron chi connectivity index (χ3n) is 2.73. The molecule has 0 radical (unpaired) electrons. The monoisotopic (exact) mass is 203 g/mol. The standard InChI is InChI=1S/C14H21N/c1-5-9-13(4)15(6-2)14-11-8-7-10-12(14)3/h5,7-9,11-12H,4,6,10H2,1-3H3/b9-5+. The molecule has 15 heavy (non-hydrogen) atoms. The summed E-state index contributed by atoms with van der Waals surface area (Å²) in [7, 11) is 0. The molecule has 0 heterocycles. The molecular formula is C14H21N. The minimum Gasteiger partial charge on any atom is -0.346 e. The van der Waals surface area contributed by atoms with Crippen molar-refractivity contribution in [2.24, 2.45) is 5.92 Å². The highest BCUT2D eigenvalue weighted by Gasteiger charge is 2.16. The second-order valence-electron chi connectivity index (χ2n) is 3.89. The van der Waals surface area contributed by atoms with Crippen molar-refractivity contribution >= 4 is 0 Å². The van der Waals surface area contributed by atoms with Crippen LogP contribution in [0.5, 0.6) is 0 Å². The Hall–Kier alpha value is -1.24. The van der Waals surface area contributed by atoms with E-state index in [4.69, 9.17) is 0 Å². The molecule has 0 N–H and O–H groups in total. The van der Waals surface area contributed by atoms with Gasteiger partial charge in [-0.05, 0) is 38.3 Å². The van der Waals surface area contributed by atoms with Gasteiger partial charge in [0.05, 0.1) is 0 Å². The number of allylic oxidation sites excluding steroid dienone is 6. The molecule has 0 aliphatic heterocycles. The van der Waals surface area contributed by atoms with Gasteiger partial charge in [-0.3, -0.25) is 0 Å². The van der Waals surface area contributed by atoms with Gasteiger partial charge in [-0.2, -0.15) is 0 Å². The molecule has 1 unspecified atom stereocenters. The van der Waals surface area contributed by atoms with Crippen molar-refractivity contribution in [3.8, 4) is 0 Å². The van der Waals surface area contributed by atoms with Crippen molar-refractivity contribution in [3.05, 3.63) is 48.4 Å². The summed E-state index contributed by atoms with van der Waals surface area (Å²) >= 11 is 0. The topological polar surface area (TPSA) is 3.24 Å². The molecule has 0 aromatic rings. The van der Waals surface area contributed by atoms with Crippen LogP contribution in [0, 0.1) is 5.92 Å². The molecule has 1 atom stereocenters. The fourth-order valence-corrected chi connectivity index (χ4v) is 1.92. The van der Waals surface area contributed by atoms with E-state index in [-0.39, 0.29) is 0 Å². The summed E-state index contributed by atoms with van der Waals surface area (Å²) in [4.78, 5) is 2.29. The van der Waals surface area contributed by atoms with Gasteiger partial charge in [0.15, 0.2) is 0 Å². The lowest BCUT2D eigenvalue weighted by molar-refractivity contribution is 0.400. The Bertz CT molecular complexity index is 307. The average Bonchev–Trinajstić information content (AvgIpc) is 2.22. The third-order valence-corrected chi connectivity index (χ3v) is 2.73. The first-order valence-corrected chi connectivity index (χ1v) is 5.66. The van der Waals surface area contributed by atoms with Crippen LogP contribution in [0.15, 0.2) is 48.4 Å². The Morgan fingerprint density at radius 3 is 2.93 bits per heavy atom. The van der Waals surface area contributed by atoms with E-state index in [0.717, 1.165) is 18.7 Å². The van der Waals surface area contributed by atoms with Crippen molar-refractivity contribution in [1.82, 2.24) is 4.90 Å². The largest absolute Gasteiger partial charge is 0.346 e. The van der Waals surface area contributed by atoms with E-state index in [1.807, 2.05) is 13.0 Å². The Kier molecular flexibility index (Phi) is 4.41. The summed E-state index contributed by atoms with van der Waals surface area (Å²) in [5.41, 5.74) is 2.46. The lowest BCUT2D eigenvalue weighted by atomic mass is 9.97. The van der Waals surface area contributed by atoms with Crippen LogP contribution in [-0.2, 0) is 0 Å². The Labute approximate surface area is 93.5 Å². The van der Waals surface area contributed by atoms with Crippen molar-refractivity contribution in [1.29, 1.82) is 0 Å². The van der Waals surface area contributed by atoms with Crippen LogP contribution in [0.2, 0.25) is 0 Å². The molecule has 1 aliphatic carbocycles. The SMILES string of the molecule is C=C(/C=C/C)N(CC)C1=CC=CCC1C. The van der Waals surface area contributed by atoms with Crippen LogP contribution < -0.4 is 0 Å². The van der Waals surface area contributed by atoms with Gasteiger partial charge in [0.2, 0.25) is 0 Å². The Morgan fingerprint density at radius 2 is 2.40 bits per heavy atom. The fraction of sp³-hybridized carbons (Fsp3) is 0.429. The van der Waals surface area contributed by atoms with E-state index in [2.05, 4.69) is 49.6 Å². The van der Waals surface area contributed by atoms with E-state index in [9.17, 15) is 0 Å². The molecule has 0 saturated heterocycles.